The maximum Gasteiger partial charge on any atom is 0.265 e. The largest absolute Gasteiger partial charge is 0.482 e. The zero-order valence-corrected chi connectivity index (χ0v) is 15.7. The fraction of sp³-hybridized carbons (Fsp3) is 0.526. The molecular weight excluding hydrogens is 336 g/mol. The zero-order valence-electron chi connectivity index (χ0n) is 15.7. The van der Waals surface area contributed by atoms with Crippen LogP contribution in [0.1, 0.15) is 44.5 Å². The molecule has 0 bridgehead atoms. The Kier molecular flexibility index (Phi) is 6.74. The van der Waals surface area contributed by atoms with E-state index >= 15 is 0 Å². The third-order valence-electron chi connectivity index (χ3n) is 4.08. The van der Waals surface area contributed by atoms with Crippen LogP contribution in [-0.2, 0) is 14.3 Å². The summed E-state index contributed by atoms with van der Waals surface area (Å²) < 4.78 is 10.9. The van der Waals surface area contributed by atoms with Crippen LogP contribution in [-0.4, -0.2) is 49.5 Å². The molecule has 2 amide bonds. The van der Waals surface area contributed by atoms with Crippen molar-refractivity contribution in [3.63, 3.8) is 0 Å². The average molecular weight is 362 g/mol. The number of ketones is 1. The topological polar surface area (TPSA) is 84.9 Å². The lowest BCUT2D eigenvalue weighted by Crippen LogP contribution is -2.51. The van der Waals surface area contributed by atoms with Gasteiger partial charge in [-0.25, -0.2) is 0 Å². The third-order valence-corrected chi connectivity index (χ3v) is 4.08. The van der Waals surface area contributed by atoms with E-state index in [0.717, 1.165) is 0 Å². The summed E-state index contributed by atoms with van der Waals surface area (Å²) in [5.74, 6) is -0.208. The summed E-state index contributed by atoms with van der Waals surface area (Å²) in [5.41, 5.74) is 0.908. The van der Waals surface area contributed by atoms with E-state index in [2.05, 4.69) is 5.32 Å². The summed E-state index contributed by atoms with van der Waals surface area (Å²) in [6, 6.07) is 4.18. The Morgan fingerprint density at radius 2 is 2.04 bits per heavy atom. The lowest BCUT2D eigenvalue weighted by atomic mass is 10.1. The SMILES string of the molecule is CC(=O)c1ccc2c(c1)N(C(C)C(=O)NCCCOC(C)C)C(=O)CO2. The fourth-order valence-corrected chi connectivity index (χ4v) is 2.68. The lowest BCUT2D eigenvalue weighted by molar-refractivity contribution is -0.127. The van der Waals surface area contributed by atoms with Crippen LogP contribution in [0.3, 0.4) is 0 Å². The van der Waals surface area contributed by atoms with Crippen LogP contribution < -0.4 is 15.0 Å². The Bertz CT molecular complexity index is 687. The lowest BCUT2D eigenvalue weighted by Gasteiger charge is -2.33. The highest BCUT2D eigenvalue weighted by atomic mass is 16.5. The van der Waals surface area contributed by atoms with Crippen LogP contribution in [0.2, 0.25) is 0 Å². The number of nitrogens with one attached hydrogen (secondary N) is 1. The van der Waals surface area contributed by atoms with Crippen molar-refractivity contribution in [3.05, 3.63) is 23.8 Å². The van der Waals surface area contributed by atoms with E-state index < -0.39 is 6.04 Å². The molecule has 0 saturated carbocycles. The Morgan fingerprint density at radius 3 is 2.69 bits per heavy atom. The number of rotatable bonds is 8. The van der Waals surface area contributed by atoms with Gasteiger partial charge in [0.15, 0.2) is 12.4 Å². The molecule has 2 rings (SSSR count). The first kappa shape index (κ1) is 19.9. The monoisotopic (exact) mass is 362 g/mol. The third kappa shape index (κ3) is 4.82. The zero-order chi connectivity index (χ0) is 19.3. The fourth-order valence-electron chi connectivity index (χ4n) is 2.68. The van der Waals surface area contributed by atoms with E-state index in [1.807, 2.05) is 13.8 Å². The minimum absolute atomic E-state index is 0.118. The van der Waals surface area contributed by atoms with Gasteiger partial charge in [-0.1, -0.05) is 0 Å². The summed E-state index contributed by atoms with van der Waals surface area (Å²) in [4.78, 5) is 37.8. The smallest absolute Gasteiger partial charge is 0.265 e. The molecular formula is C19H26N2O5. The van der Waals surface area contributed by atoms with Gasteiger partial charge >= 0.3 is 0 Å². The predicted molar refractivity (Wildman–Crippen MR) is 97.6 cm³/mol. The number of benzene rings is 1. The summed E-state index contributed by atoms with van der Waals surface area (Å²) in [6.07, 6.45) is 0.848. The first-order chi connectivity index (χ1) is 12.3. The predicted octanol–water partition coefficient (Wildman–Crippen LogP) is 1.93. The maximum absolute atomic E-state index is 12.5. The van der Waals surface area contributed by atoms with Crippen LogP contribution in [0.15, 0.2) is 18.2 Å². The van der Waals surface area contributed by atoms with E-state index in [-0.39, 0.29) is 30.3 Å². The Labute approximate surface area is 153 Å². The number of nitrogens with zero attached hydrogens (tertiary/aromatic N) is 1. The summed E-state index contributed by atoms with van der Waals surface area (Å²) >= 11 is 0. The van der Waals surface area contributed by atoms with Crippen LogP contribution in [0.4, 0.5) is 5.69 Å². The highest BCUT2D eigenvalue weighted by Gasteiger charge is 2.33. The first-order valence-corrected chi connectivity index (χ1v) is 8.80. The van der Waals surface area contributed by atoms with Crippen LogP contribution in [0, 0.1) is 0 Å². The number of fused-ring (bicyclic) bond motifs is 1. The molecule has 142 valence electrons. The molecule has 1 aromatic carbocycles. The summed E-state index contributed by atoms with van der Waals surface area (Å²) in [6.45, 7) is 7.92. The van der Waals surface area contributed by atoms with Gasteiger partial charge in [0.25, 0.3) is 5.91 Å². The van der Waals surface area contributed by atoms with Crippen LogP contribution in [0.5, 0.6) is 5.75 Å². The van der Waals surface area contributed by atoms with Gasteiger partial charge in [0.2, 0.25) is 5.91 Å². The second kappa shape index (κ2) is 8.80. The molecule has 0 aromatic heterocycles. The van der Waals surface area contributed by atoms with Gasteiger partial charge in [-0.15, -0.1) is 0 Å². The Hall–Kier alpha value is -2.41. The van der Waals surface area contributed by atoms with Gasteiger partial charge in [-0.2, -0.15) is 0 Å². The van der Waals surface area contributed by atoms with Gasteiger partial charge in [0, 0.05) is 18.7 Å². The number of hydrogen-bond donors (Lipinski definition) is 1. The van der Waals surface area contributed by atoms with Crippen LogP contribution in [0.25, 0.3) is 0 Å². The van der Waals surface area contributed by atoms with E-state index in [1.54, 1.807) is 25.1 Å². The number of carbonyl (C=O) groups is 3. The number of carbonyl (C=O) groups excluding carboxylic acids is 3. The van der Waals surface area contributed by atoms with Crippen molar-refractivity contribution in [2.24, 2.45) is 0 Å². The number of ether oxygens (including phenoxy) is 2. The summed E-state index contributed by atoms with van der Waals surface area (Å²) in [7, 11) is 0. The van der Waals surface area contributed by atoms with Gasteiger partial charge in [-0.05, 0) is 52.3 Å². The minimum atomic E-state index is -0.710. The van der Waals surface area contributed by atoms with E-state index in [1.165, 1.54) is 11.8 Å². The van der Waals surface area contributed by atoms with Crippen LogP contribution >= 0.6 is 0 Å². The standard InChI is InChI=1S/C19H26N2O5/c1-12(2)25-9-5-8-20-19(24)13(3)21-16-10-15(14(4)22)6-7-17(16)26-11-18(21)23/h6-7,10,12-13H,5,8-9,11H2,1-4H3,(H,20,24). The molecule has 1 aromatic rings. The molecule has 1 heterocycles. The number of Topliss-reactive ketones (excluding diaryl/α,β-unsaturated/α-hetero) is 1. The van der Waals surface area contributed by atoms with Crippen molar-refractivity contribution in [1.29, 1.82) is 0 Å². The second-order valence-electron chi connectivity index (χ2n) is 6.53. The van der Waals surface area contributed by atoms with Crippen molar-refractivity contribution >= 4 is 23.3 Å². The molecule has 1 aliphatic heterocycles. The molecule has 0 radical (unpaired) electrons. The normalized spacial score (nSPS) is 14.7. The molecule has 0 spiro atoms. The maximum atomic E-state index is 12.5. The van der Waals surface area contributed by atoms with Gasteiger partial charge < -0.3 is 14.8 Å². The molecule has 0 fully saturated rings. The molecule has 1 aliphatic rings. The molecule has 7 heteroatoms. The minimum Gasteiger partial charge on any atom is -0.482 e. The van der Waals surface area contributed by atoms with Crippen molar-refractivity contribution in [3.8, 4) is 5.75 Å². The van der Waals surface area contributed by atoms with Gasteiger partial charge in [-0.3, -0.25) is 19.3 Å². The van der Waals surface area contributed by atoms with Crippen molar-refractivity contribution in [1.82, 2.24) is 5.32 Å². The van der Waals surface area contributed by atoms with E-state index in [4.69, 9.17) is 9.47 Å². The van der Waals surface area contributed by atoms with Gasteiger partial charge in [0.05, 0.1) is 11.8 Å². The molecule has 7 nitrogen and oxygen atoms in total. The number of hydrogen-bond acceptors (Lipinski definition) is 5. The second-order valence-corrected chi connectivity index (χ2v) is 6.53. The first-order valence-electron chi connectivity index (χ1n) is 8.80. The molecule has 0 saturated heterocycles. The van der Waals surface area contributed by atoms with Crippen molar-refractivity contribution in [2.45, 2.75) is 46.3 Å². The Morgan fingerprint density at radius 1 is 1.31 bits per heavy atom. The molecule has 1 N–H and O–H groups in total. The van der Waals surface area contributed by atoms with E-state index in [0.29, 0.717) is 36.6 Å². The van der Waals surface area contributed by atoms with Crippen molar-refractivity contribution < 1.29 is 23.9 Å². The Balaban J connectivity index is 2.07. The quantitative estimate of drug-likeness (QED) is 0.564. The highest BCUT2D eigenvalue weighted by Crippen LogP contribution is 2.34. The molecule has 1 unspecified atom stereocenters. The molecule has 1 atom stereocenters. The average Bonchev–Trinajstić information content (AvgIpc) is 2.59. The number of amides is 2. The highest BCUT2D eigenvalue weighted by molar-refractivity contribution is 6.05. The van der Waals surface area contributed by atoms with Crippen molar-refractivity contribution in [2.75, 3.05) is 24.7 Å². The number of anilines is 1. The molecule has 0 aliphatic carbocycles. The summed E-state index contributed by atoms with van der Waals surface area (Å²) in [5, 5.41) is 2.82. The van der Waals surface area contributed by atoms with Gasteiger partial charge in [0.1, 0.15) is 11.8 Å². The van der Waals surface area contributed by atoms with E-state index in [9.17, 15) is 14.4 Å². The molecule has 26 heavy (non-hydrogen) atoms.